The molecule has 0 aliphatic heterocycles. The van der Waals surface area contributed by atoms with Gasteiger partial charge in [-0.3, -0.25) is 4.79 Å². The van der Waals surface area contributed by atoms with Crippen molar-refractivity contribution in [2.24, 2.45) is 0 Å². The molecule has 0 amide bonds. The average Bonchev–Trinajstić information content (AvgIpc) is 2.17. The molecule has 0 aromatic heterocycles. The molecule has 0 unspecified atom stereocenters. The highest BCUT2D eigenvalue weighted by atomic mass is 28.4. The average molecular weight is 308 g/mol. The van der Waals surface area contributed by atoms with Crippen molar-refractivity contribution >= 4 is 22.8 Å². The van der Waals surface area contributed by atoms with E-state index < -0.39 is 22.8 Å². The summed E-state index contributed by atoms with van der Waals surface area (Å²) in [5.41, 5.74) is 0. The zero-order valence-electron chi connectivity index (χ0n) is 12.8. The lowest BCUT2D eigenvalue weighted by Gasteiger charge is -2.32. The lowest BCUT2D eigenvalue weighted by molar-refractivity contribution is -0.135. The number of carboxylic acids is 1. The van der Waals surface area contributed by atoms with Gasteiger partial charge in [-0.1, -0.05) is 0 Å². The van der Waals surface area contributed by atoms with Gasteiger partial charge in [-0.05, 0) is 32.7 Å². The molecule has 0 aliphatic rings. The maximum Gasteiger partial charge on any atom is 0.317 e. The Labute approximate surface area is 118 Å². The highest BCUT2D eigenvalue weighted by Gasteiger charge is 2.29. The van der Waals surface area contributed by atoms with E-state index in [1.165, 1.54) is 0 Å². The van der Waals surface area contributed by atoms with Crippen LogP contribution in [0.2, 0.25) is 32.7 Å². The second kappa shape index (κ2) is 8.82. The van der Waals surface area contributed by atoms with Gasteiger partial charge >= 0.3 is 5.97 Å². The molecule has 114 valence electrons. The van der Waals surface area contributed by atoms with E-state index >= 15 is 0 Å². The highest BCUT2D eigenvalue weighted by molar-refractivity contribution is 6.83. The lowest BCUT2D eigenvalue weighted by Crippen LogP contribution is -2.55. The van der Waals surface area contributed by atoms with Crippen LogP contribution in [0.3, 0.4) is 0 Å². The largest absolute Gasteiger partial charge is 0.480 e. The van der Waals surface area contributed by atoms with Crippen LogP contribution < -0.4 is 15.6 Å². The summed E-state index contributed by atoms with van der Waals surface area (Å²) in [6.45, 7) is 14.2. The van der Waals surface area contributed by atoms with Crippen LogP contribution >= 0.6 is 0 Å². The summed E-state index contributed by atoms with van der Waals surface area (Å²) in [5.74, 6) is -0.821. The third kappa shape index (κ3) is 14.0. The maximum atomic E-state index is 10.3. The fraction of sp³-hybridized carbons (Fsp3) is 0.909. The molecular formula is C11H29N3O3Si2. The van der Waals surface area contributed by atoms with E-state index in [0.717, 1.165) is 19.6 Å². The van der Waals surface area contributed by atoms with E-state index in [4.69, 9.17) is 9.22 Å². The van der Waals surface area contributed by atoms with Crippen molar-refractivity contribution in [2.45, 2.75) is 32.7 Å². The van der Waals surface area contributed by atoms with Crippen LogP contribution in [0.1, 0.15) is 0 Å². The first-order chi connectivity index (χ1) is 8.62. The van der Waals surface area contributed by atoms with E-state index in [9.17, 15) is 4.79 Å². The summed E-state index contributed by atoms with van der Waals surface area (Å²) < 4.78 is 6.16. The van der Waals surface area contributed by atoms with Crippen LogP contribution in [0.25, 0.3) is 0 Å². The molecule has 0 fully saturated rings. The molecule has 0 bridgehead atoms. The summed E-state index contributed by atoms with van der Waals surface area (Å²) in [7, 11) is -3.23. The molecule has 4 N–H and O–H groups in total. The highest BCUT2D eigenvalue weighted by Crippen LogP contribution is 2.10. The predicted molar refractivity (Wildman–Crippen MR) is 83.3 cm³/mol. The third-order valence-corrected chi connectivity index (χ3v) is 7.76. The van der Waals surface area contributed by atoms with Crippen LogP contribution in [-0.4, -0.2) is 60.6 Å². The summed E-state index contributed by atoms with van der Waals surface area (Å²) in [6.07, 6.45) is 0. The van der Waals surface area contributed by atoms with Gasteiger partial charge in [-0.15, -0.1) is 0 Å². The Morgan fingerprint density at radius 1 is 1.00 bits per heavy atom. The first-order valence-electron chi connectivity index (χ1n) is 6.71. The molecule has 0 spiro atoms. The molecule has 0 aromatic rings. The first-order valence-corrected chi connectivity index (χ1v) is 13.0. The van der Waals surface area contributed by atoms with Crippen molar-refractivity contribution in [2.75, 3.05) is 32.7 Å². The summed E-state index contributed by atoms with van der Waals surface area (Å²) in [4.78, 5) is 13.8. The molecule has 8 heteroatoms. The number of hydrogen-bond donors (Lipinski definition) is 4. The fourth-order valence-electron chi connectivity index (χ4n) is 1.75. The second-order valence-corrected chi connectivity index (χ2v) is 14.4. The van der Waals surface area contributed by atoms with Crippen molar-refractivity contribution in [1.82, 2.24) is 15.6 Å². The van der Waals surface area contributed by atoms with E-state index in [2.05, 4.69) is 48.4 Å². The normalized spacial score (nSPS) is 12.7. The van der Waals surface area contributed by atoms with Crippen LogP contribution in [-0.2, 0) is 8.91 Å². The Bertz CT molecular complexity index is 270. The standard InChI is InChI=1S/C11H29N3O3Si2/c1-18(2,3)17-19(4,5)14-9-8-12-6-7-13-10-11(15)16/h12-14H,6-10H2,1-5H3,(H,15,16). The minimum absolute atomic E-state index is 0.0178. The van der Waals surface area contributed by atoms with Crippen LogP contribution in [0, 0.1) is 0 Å². The van der Waals surface area contributed by atoms with E-state index in [1.54, 1.807) is 0 Å². The van der Waals surface area contributed by atoms with E-state index in [-0.39, 0.29) is 6.54 Å². The van der Waals surface area contributed by atoms with Gasteiger partial charge in [0.2, 0.25) is 0 Å². The van der Waals surface area contributed by atoms with Crippen molar-refractivity contribution in [3.05, 3.63) is 0 Å². The van der Waals surface area contributed by atoms with Gasteiger partial charge in [-0.2, -0.15) is 0 Å². The van der Waals surface area contributed by atoms with Crippen molar-refractivity contribution < 1.29 is 14.0 Å². The fourth-order valence-corrected chi connectivity index (χ4v) is 8.89. The topological polar surface area (TPSA) is 82.6 Å². The van der Waals surface area contributed by atoms with Gasteiger partial charge in [0.15, 0.2) is 8.32 Å². The Morgan fingerprint density at radius 2 is 1.53 bits per heavy atom. The summed E-state index contributed by atoms with van der Waals surface area (Å²) >= 11 is 0. The zero-order valence-corrected chi connectivity index (χ0v) is 14.8. The molecule has 6 nitrogen and oxygen atoms in total. The molecule has 0 saturated carbocycles. The van der Waals surface area contributed by atoms with Gasteiger partial charge in [0.05, 0.1) is 6.54 Å². The summed E-state index contributed by atoms with van der Waals surface area (Å²) in [6, 6.07) is 0. The molecule has 0 heterocycles. The van der Waals surface area contributed by atoms with E-state index in [0.29, 0.717) is 6.54 Å². The van der Waals surface area contributed by atoms with Crippen LogP contribution in [0.5, 0.6) is 0 Å². The Morgan fingerprint density at radius 3 is 2.05 bits per heavy atom. The summed E-state index contributed by atoms with van der Waals surface area (Å²) in [5, 5.41) is 14.5. The van der Waals surface area contributed by atoms with Gasteiger partial charge in [0, 0.05) is 26.2 Å². The third-order valence-electron chi connectivity index (χ3n) is 2.17. The quantitative estimate of drug-likeness (QED) is 0.327. The second-order valence-electron chi connectivity index (χ2n) is 5.97. The zero-order chi connectivity index (χ0) is 14.9. The molecule has 0 saturated heterocycles. The minimum atomic E-state index is -1.75. The van der Waals surface area contributed by atoms with Gasteiger partial charge in [0.1, 0.15) is 0 Å². The SMILES string of the molecule is C[Si](C)(C)O[Si](C)(C)NCCNCCNCC(=O)O. The van der Waals surface area contributed by atoms with Crippen molar-refractivity contribution in [3.63, 3.8) is 0 Å². The van der Waals surface area contributed by atoms with Gasteiger partial charge < -0.3 is 24.8 Å². The van der Waals surface area contributed by atoms with E-state index in [1.807, 2.05) is 0 Å². The molecule has 0 atom stereocenters. The number of carboxylic acid groups (broad SMARTS) is 1. The smallest absolute Gasteiger partial charge is 0.317 e. The number of hydrogen-bond acceptors (Lipinski definition) is 5. The first kappa shape index (κ1) is 18.7. The molecule has 19 heavy (non-hydrogen) atoms. The minimum Gasteiger partial charge on any atom is -0.480 e. The number of aliphatic carboxylic acids is 1. The number of carbonyl (C=O) groups is 1. The number of nitrogens with one attached hydrogen (secondary N) is 3. The molecular weight excluding hydrogens is 278 g/mol. The van der Waals surface area contributed by atoms with Crippen molar-refractivity contribution in [1.29, 1.82) is 0 Å². The molecule has 0 aromatic carbocycles. The lowest BCUT2D eigenvalue weighted by atomic mass is 10.5. The predicted octanol–water partition coefficient (Wildman–Crippen LogP) is 0.393. The monoisotopic (exact) mass is 307 g/mol. The maximum absolute atomic E-state index is 10.3. The van der Waals surface area contributed by atoms with Gasteiger partial charge in [-0.25, -0.2) is 0 Å². The Balaban J connectivity index is 3.50. The van der Waals surface area contributed by atoms with Crippen LogP contribution in [0.15, 0.2) is 0 Å². The molecule has 0 radical (unpaired) electrons. The van der Waals surface area contributed by atoms with Crippen LogP contribution in [0.4, 0.5) is 0 Å². The number of rotatable bonds is 11. The van der Waals surface area contributed by atoms with Crippen molar-refractivity contribution in [3.8, 4) is 0 Å². The Kier molecular flexibility index (Phi) is 8.70. The van der Waals surface area contributed by atoms with Gasteiger partial charge in [0.25, 0.3) is 8.48 Å². The molecule has 0 aliphatic carbocycles. The Hall–Kier alpha value is -0.256. The molecule has 0 rings (SSSR count).